The van der Waals surface area contributed by atoms with Gasteiger partial charge in [-0.05, 0) is 38.5 Å². The molecule has 0 radical (unpaired) electrons. The van der Waals surface area contributed by atoms with E-state index in [-0.39, 0.29) is 6.10 Å². The summed E-state index contributed by atoms with van der Waals surface area (Å²) < 4.78 is 10.8. The summed E-state index contributed by atoms with van der Waals surface area (Å²) in [5.74, 6) is 2.11. The lowest BCUT2D eigenvalue weighted by Crippen LogP contribution is -2.09. The van der Waals surface area contributed by atoms with Gasteiger partial charge in [0.15, 0.2) is 0 Å². The highest BCUT2D eigenvalue weighted by atomic mass is 16.5. The van der Waals surface area contributed by atoms with Gasteiger partial charge in [-0.25, -0.2) is 4.98 Å². The van der Waals surface area contributed by atoms with Crippen LogP contribution in [0.4, 0.5) is 17.5 Å². The molecule has 2 N–H and O–H groups in total. The first-order chi connectivity index (χ1) is 11.2. The predicted octanol–water partition coefficient (Wildman–Crippen LogP) is 3.46. The van der Waals surface area contributed by atoms with E-state index in [2.05, 4.69) is 20.6 Å². The van der Waals surface area contributed by atoms with Crippen LogP contribution in [0.15, 0.2) is 36.5 Å². The first kappa shape index (κ1) is 17.0. The third kappa shape index (κ3) is 5.75. The van der Waals surface area contributed by atoms with Gasteiger partial charge in [-0.2, -0.15) is 4.98 Å². The van der Waals surface area contributed by atoms with Crippen LogP contribution in [0.1, 0.15) is 20.3 Å². The first-order valence-electron chi connectivity index (χ1n) is 7.77. The number of hydrogen-bond donors (Lipinski definition) is 2. The molecule has 0 aliphatic heterocycles. The van der Waals surface area contributed by atoms with Crippen molar-refractivity contribution in [2.24, 2.45) is 0 Å². The molecule has 1 aromatic carbocycles. The molecule has 0 saturated heterocycles. The van der Waals surface area contributed by atoms with Gasteiger partial charge in [-0.15, -0.1) is 0 Å². The molecule has 0 unspecified atom stereocenters. The van der Waals surface area contributed by atoms with Crippen LogP contribution in [0.5, 0.6) is 5.75 Å². The Morgan fingerprint density at radius 3 is 2.78 bits per heavy atom. The van der Waals surface area contributed by atoms with E-state index in [1.54, 1.807) is 13.3 Å². The molecule has 6 nitrogen and oxygen atoms in total. The number of hydrogen-bond acceptors (Lipinski definition) is 6. The van der Waals surface area contributed by atoms with Crippen molar-refractivity contribution in [3.05, 3.63) is 36.5 Å². The fraction of sp³-hybridized carbons (Fsp3) is 0.412. The molecule has 6 heteroatoms. The number of aromatic nitrogens is 2. The van der Waals surface area contributed by atoms with Gasteiger partial charge in [0.05, 0.1) is 11.8 Å². The lowest BCUT2D eigenvalue weighted by molar-refractivity contribution is 0.197. The number of nitrogens with zero attached hydrogens (tertiary/aromatic N) is 2. The minimum Gasteiger partial charge on any atom is -0.489 e. The molecule has 0 amide bonds. The fourth-order valence-electron chi connectivity index (χ4n) is 1.99. The zero-order chi connectivity index (χ0) is 16.5. The zero-order valence-corrected chi connectivity index (χ0v) is 13.9. The Morgan fingerprint density at radius 1 is 1.17 bits per heavy atom. The van der Waals surface area contributed by atoms with Gasteiger partial charge < -0.3 is 20.1 Å². The fourth-order valence-corrected chi connectivity index (χ4v) is 1.99. The minimum absolute atomic E-state index is 0.112. The maximum Gasteiger partial charge on any atom is 0.224 e. The Hall–Kier alpha value is -2.34. The van der Waals surface area contributed by atoms with Gasteiger partial charge in [-0.1, -0.05) is 12.1 Å². The SMILES string of the molecule is COCCCNc1nccc(Nc2ccccc2OC(C)C)n1. The standard InChI is InChI=1S/C17H24N4O2/c1-13(2)23-15-8-5-4-7-14(15)20-16-9-11-19-17(21-16)18-10-6-12-22-3/h4-5,7-9,11,13H,6,10,12H2,1-3H3,(H2,18,19,20,21). The van der Waals surface area contributed by atoms with Gasteiger partial charge in [0.2, 0.25) is 5.95 Å². The van der Waals surface area contributed by atoms with Crippen LogP contribution in [0.2, 0.25) is 0 Å². The highest BCUT2D eigenvalue weighted by Crippen LogP contribution is 2.27. The van der Waals surface area contributed by atoms with Gasteiger partial charge in [0, 0.05) is 26.5 Å². The van der Waals surface area contributed by atoms with Crippen LogP contribution >= 0.6 is 0 Å². The smallest absolute Gasteiger partial charge is 0.224 e. The van der Waals surface area contributed by atoms with Crippen molar-refractivity contribution in [1.82, 2.24) is 9.97 Å². The van der Waals surface area contributed by atoms with Crippen LogP contribution in [0, 0.1) is 0 Å². The topological polar surface area (TPSA) is 68.3 Å². The van der Waals surface area contributed by atoms with Gasteiger partial charge >= 0.3 is 0 Å². The second-order valence-corrected chi connectivity index (χ2v) is 5.33. The second-order valence-electron chi connectivity index (χ2n) is 5.33. The molecular weight excluding hydrogens is 292 g/mol. The lowest BCUT2D eigenvalue weighted by Gasteiger charge is -2.15. The molecule has 23 heavy (non-hydrogen) atoms. The Kier molecular flexibility index (Phi) is 6.62. The van der Waals surface area contributed by atoms with E-state index >= 15 is 0 Å². The lowest BCUT2D eigenvalue weighted by atomic mass is 10.3. The molecule has 124 valence electrons. The largest absolute Gasteiger partial charge is 0.489 e. The van der Waals surface area contributed by atoms with E-state index in [0.29, 0.717) is 18.4 Å². The number of anilines is 3. The van der Waals surface area contributed by atoms with Crippen LogP contribution in [-0.4, -0.2) is 36.3 Å². The maximum absolute atomic E-state index is 5.80. The molecule has 2 aromatic rings. The third-order valence-corrected chi connectivity index (χ3v) is 2.98. The summed E-state index contributed by atoms with van der Waals surface area (Å²) in [6, 6.07) is 9.64. The van der Waals surface area contributed by atoms with E-state index in [0.717, 1.165) is 24.4 Å². The van der Waals surface area contributed by atoms with Crippen LogP contribution in [0.25, 0.3) is 0 Å². The van der Waals surface area contributed by atoms with Crippen molar-refractivity contribution in [2.45, 2.75) is 26.4 Å². The molecule has 0 spiro atoms. The van der Waals surface area contributed by atoms with Crippen molar-refractivity contribution in [3.63, 3.8) is 0 Å². The first-order valence-corrected chi connectivity index (χ1v) is 7.77. The predicted molar refractivity (Wildman–Crippen MR) is 92.5 cm³/mol. The normalized spacial score (nSPS) is 10.6. The number of benzene rings is 1. The highest BCUT2D eigenvalue weighted by Gasteiger charge is 2.06. The Balaban J connectivity index is 2.03. The van der Waals surface area contributed by atoms with Crippen molar-refractivity contribution in [1.29, 1.82) is 0 Å². The molecule has 0 fully saturated rings. The molecule has 0 bridgehead atoms. The summed E-state index contributed by atoms with van der Waals surface area (Å²) in [5.41, 5.74) is 0.880. The summed E-state index contributed by atoms with van der Waals surface area (Å²) in [7, 11) is 1.69. The van der Waals surface area contributed by atoms with Crippen molar-refractivity contribution >= 4 is 17.5 Å². The van der Waals surface area contributed by atoms with Crippen molar-refractivity contribution in [3.8, 4) is 5.75 Å². The quantitative estimate of drug-likeness (QED) is 0.691. The molecule has 0 aliphatic rings. The molecular formula is C17H24N4O2. The van der Waals surface area contributed by atoms with Gasteiger partial charge in [0.25, 0.3) is 0 Å². The number of methoxy groups -OCH3 is 1. The van der Waals surface area contributed by atoms with E-state index in [1.807, 2.05) is 44.2 Å². The number of nitrogens with one attached hydrogen (secondary N) is 2. The monoisotopic (exact) mass is 316 g/mol. The number of para-hydroxylation sites is 2. The molecule has 0 atom stereocenters. The van der Waals surface area contributed by atoms with Crippen molar-refractivity contribution < 1.29 is 9.47 Å². The molecule has 1 heterocycles. The second kappa shape index (κ2) is 8.95. The average molecular weight is 316 g/mol. The van der Waals surface area contributed by atoms with Gasteiger partial charge in [-0.3, -0.25) is 0 Å². The average Bonchev–Trinajstić information content (AvgIpc) is 2.53. The highest BCUT2D eigenvalue weighted by molar-refractivity contribution is 5.64. The zero-order valence-electron chi connectivity index (χ0n) is 13.9. The molecule has 0 saturated carbocycles. The van der Waals surface area contributed by atoms with Crippen LogP contribution in [0.3, 0.4) is 0 Å². The Labute approximate surface area is 137 Å². The van der Waals surface area contributed by atoms with Crippen LogP contribution < -0.4 is 15.4 Å². The maximum atomic E-state index is 5.80. The number of rotatable bonds is 9. The van der Waals surface area contributed by atoms with E-state index in [1.165, 1.54) is 0 Å². The molecule has 0 aliphatic carbocycles. The third-order valence-electron chi connectivity index (χ3n) is 2.98. The van der Waals surface area contributed by atoms with E-state index in [9.17, 15) is 0 Å². The summed E-state index contributed by atoms with van der Waals surface area (Å²) in [5, 5.41) is 6.46. The molecule has 1 aromatic heterocycles. The summed E-state index contributed by atoms with van der Waals surface area (Å²) in [6.45, 7) is 5.49. The Morgan fingerprint density at radius 2 is 2.00 bits per heavy atom. The molecule has 2 rings (SSSR count). The summed E-state index contributed by atoms with van der Waals surface area (Å²) >= 11 is 0. The summed E-state index contributed by atoms with van der Waals surface area (Å²) in [4.78, 5) is 8.67. The van der Waals surface area contributed by atoms with E-state index in [4.69, 9.17) is 9.47 Å². The minimum atomic E-state index is 0.112. The van der Waals surface area contributed by atoms with Crippen molar-refractivity contribution in [2.75, 3.05) is 30.9 Å². The summed E-state index contributed by atoms with van der Waals surface area (Å²) in [6.07, 6.45) is 2.74. The number of ether oxygens (including phenoxy) is 2. The Bertz CT molecular complexity index is 605. The van der Waals surface area contributed by atoms with Crippen LogP contribution in [-0.2, 0) is 4.74 Å². The van der Waals surface area contributed by atoms with E-state index < -0.39 is 0 Å². The van der Waals surface area contributed by atoms with Gasteiger partial charge in [0.1, 0.15) is 11.6 Å².